The number of anilines is 1. The van der Waals surface area contributed by atoms with Gasteiger partial charge in [0.1, 0.15) is 11.3 Å². The second-order valence-electron chi connectivity index (χ2n) is 4.53. The van der Waals surface area contributed by atoms with Crippen molar-refractivity contribution in [3.8, 4) is 0 Å². The van der Waals surface area contributed by atoms with E-state index in [4.69, 9.17) is 18.0 Å². The number of hydrogen-bond donors (Lipinski definition) is 2. The lowest BCUT2D eigenvalue weighted by molar-refractivity contribution is 0.718. The fourth-order valence-corrected chi connectivity index (χ4v) is 2.20. The number of nitrogens with zero attached hydrogens (tertiary/aromatic N) is 3. The van der Waals surface area contributed by atoms with Gasteiger partial charge in [0.25, 0.3) is 0 Å². The highest BCUT2D eigenvalue weighted by Crippen LogP contribution is 2.25. The monoisotopic (exact) mass is 275 g/mol. The van der Waals surface area contributed by atoms with Gasteiger partial charge in [0.2, 0.25) is 0 Å². The average Bonchev–Trinajstić information content (AvgIpc) is 2.77. The van der Waals surface area contributed by atoms with Crippen LogP contribution in [0.5, 0.6) is 0 Å². The summed E-state index contributed by atoms with van der Waals surface area (Å²) in [6.45, 7) is 4.05. The van der Waals surface area contributed by atoms with Gasteiger partial charge < -0.3 is 15.6 Å². The fraction of sp³-hybridized carbons (Fsp3) is 0.308. The first-order valence-electron chi connectivity index (χ1n) is 6.00. The number of benzene rings is 1. The molecule has 0 aliphatic heterocycles. The third-order valence-corrected chi connectivity index (χ3v) is 3.25. The van der Waals surface area contributed by atoms with Gasteiger partial charge >= 0.3 is 0 Å². The first kappa shape index (κ1) is 13.5. The minimum Gasteiger partial charge on any atom is -0.389 e. The van der Waals surface area contributed by atoms with Gasteiger partial charge in [-0.3, -0.25) is 0 Å². The third-order valence-electron chi connectivity index (χ3n) is 3.03. The van der Waals surface area contributed by atoms with Gasteiger partial charge in [-0.1, -0.05) is 24.4 Å². The molecule has 19 heavy (non-hydrogen) atoms. The van der Waals surface area contributed by atoms with E-state index in [0.717, 1.165) is 22.6 Å². The zero-order valence-corrected chi connectivity index (χ0v) is 12.0. The molecule has 0 aliphatic carbocycles. The van der Waals surface area contributed by atoms with Gasteiger partial charge in [0.05, 0.1) is 6.04 Å². The first-order chi connectivity index (χ1) is 9.00. The van der Waals surface area contributed by atoms with Crippen molar-refractivity contribution in [2.45, 2.75) is 19.9 Å². The molecular weight excluding hydrogens is 258 g/mol. The first-order valence-corrected chi connectivity index (χ1v) is 6.41. The van der Waals surface area contributed by atoms with Crippen molar-refractivity contribution in [1.82, 2.24) is 14.8 Å². The molecule has 100 valence electrons. The van der Waals surface area contributed by atoms with Crippen LogP contribution in [0.1, 0.15) is 29.9 Å². The van der Waals surface area contributed by atoms with E-state index in [9.17, 15) is 0 Å². The molecule has 1 aromatic heterocycles. The maximum absolute atomic E-state index is 5.77. The Bertz CT molecular complexity index is 605. The van der Waals surface area contributed by atoms with Crippen LogP contribution in [0.4, 0.5) is 5.69 Å². The lowest BCUT2D eigenvalue weighted by Crippen LogP contribution is -2.17. The highest BCUT2D eigenvalue weighted by atomic mass is 32.1. The molecule has 0 saturated heterocycles. The Labute approximate surface area is 117 Å². The van der Waals surface area contributed by atoms with Crippen molar-refractivity contribution in [1.29, 1.82) is 0 Å². The van der Waals surface area contributed by atoms with Gasteiger partial charge in [0, 0.05) is 18.3 Å². The van der Waals surface area contributed by atoms with Crippen LogP contribution in [0.15, 0.2) is 24.5 Å². The molecule has 0 radical (unpaired) electrons. The molecule has 6 heteroatoms. The minimum absolute atomic E-state index is 0.0155. The maximum Gasteiger partial charge on any atom is 0.154 e. The largest absolute Gasteiger partial charge is 0.389 e. The minimum atomic E-state index is 0.0155. The summed E-state index contributed by atoms with van der Waals surface area (Å²) >= 11 is 5.09. The molecule has 1 aromatic carbocycles. The summed E-state index contributed by atoms with van der Waals surface area (Å²) in [5, 5.41) is 11.4. The number of rotatable bonds is 4. The molecule has 3 N–H and O–H groups in total. The molecule has 2 rings (SSSR count). The van der Waals surface area contributed by atoms with Crippen LogP contribution < -0.4 is 11.1 Å². The Balaban J connectivity index is 2.33. The van der Waals surface area contributed by atoms with Gasteiger partial charge in [-0.15, -0.1) is 10.2 Å². The Morgan fingerprint density at radius 2 is 2.21 bits per heavy atom. The van der Waals surface area contributed by atoms with Gasteiger partial charge in [0.15, 0.2) is 5.82 Å². The van der Waals surface area contributed by atoms with Crippen LogP contribution >= 0.6 is 12.2 Å². The molecule has 0 fully saturated rings. The van der Waals surface area contributed by atoms with E-state index in [1.165, 1.54) is 0 Å². The van der Waals surface area contributed by atoms with Gasteiger partial charge in [-0.2, -0.15) is 0 Å². The summed E-state index contributed by atoms with van der Waals surface area (Å²) < 4.78 is 1.89. The predicted octanol–water partition coefficient (Wildman–Crippen LogP) is 1.93. The van der Waals surface area contributed by atoms with Crippen molar-refractivity contribution < 1.29 is 0 Å². The smallest absolute Gasteiger partial charge is 0.154 e. The maximum atomic E-state index is 5.77. The van der Waals surface area contributed by atoms with E-state index in [2.05, 4.69) is 15.5 Å². The zero-order chi connectivity index (χ0) is 14.0. The van der Waals surface area contributed by atoms with E-state index in [1.54, 1.807) is 6.33 Å². The number of nitrogens with one attached hydrogen (secondary N) is 1. The molecule has 2 aromatic rings. The zero-order valence-electron chi connectivity index (χ0n) is 11.2. The Morgan fingerprint density at radius 3 is 2.79 bits per heavy atom. The Morgan fingerprint density at radius 1 is 1.47 bits per heavy atom. The molecular formula is C13H17N5S. The SMILES string of the molecule is Cc1cccc(C(N)=S)c1NC(C)c1nncn1C. The standard InChI is InChI=1S/C13H17N5S/c1-8-5-4-6-10(12(14)19)11(8)16-9(2)13-17-15-7-18(13)3/h4-7,9,16H,1-3H3,(H2,14,19). The van der Waals surface area contributed by atoms with Crippen molar-refractivity contribution in [2.24, 2.45) is 12.8 Å². The fourth-order valence-electron chi connectivity index (χ4n) is 2.03. The molecule has 5 nitrogen and oxygen atoms in total. The van der Waals surface area contributed by atoms with Crippen molar-refractivity contribution >= 4 is 22.9 Å². The van der Waals surface area contributed by atoms with Crippen molar-refractivity contribution in [3.63, 3.8) is 0 Å². The second kappa shape index (κ2) is 5.36. The van der Waals surface area contributed by atoms with Gasteiger partial charge in [-0.25, -0.2) is 0 Å². The number of aryl methyl sites for hydroxylation is 2. The summed E-state index contributed by atoms with van der Waals surface area (Å²) in [5.41, 5.74) is 8.66. The summed E-state index contributed by atoms with van der Waals surface area (Å²) in [7, 11) is 1.92. The average molecular weight is 275 g/mol. The van der Waals surface area contributed by atoms with Crippen LogP contribution in [-0.4, -0.2) is 19.8 Å². The molecule has 1 unspecified atom stereocenters. The number of para-hydroxylation sites is 1. The summed E-state index contributed by atoms with van der Waals surface area (Å²) in [6, 6.07) is 5.90. The second-order valence-corrected chi connectivity index (χ2v) is 4.97. The van der Waals surface area contributed by atoms with E-state index >= 15 is 0 Å². The molecule has 1 atom stereocenters. The molecule has 0 aliphatic rings. The van der Waals surface area contributed by atoms with E-state index < -0.39 is 0 Å². The molecule has 0 bridgehead atoms. The normalized spacial score (nSPS) is 12.2. The quantitative estimate of drug-likeness (QED) is 0.834. The highest BCUT2D eigenvalue weighted by molar-refractivity contribution is 7.80. The van der Waals surface area contributed by atoms with Crippen LogP contribution in [0.25, 0.3) is 0 Å². The van der Waals surface area contributed by atoms with E-state index in [-0.39, 0.29) is 6.04 Å². The highest BCUT2D eigenvalue weighted by Gasteiger charge is 2.15. The van der Waals surface area contributed by atoms with Crippen molar-refractivity contribution in [3.05, 3.63) is 41.5 Å². The van der Waals surface area contributed by atoms with Crippen LogP contribution in [0.2, 0.25) is 0 Å². The number of aromatic nitrogens is 3. The van der Waals surface area contributed by atoms with Crippen LogP contribution in [-0.2, 0) is 7.05 Å². The summed E-state index contributed by atoms with van der Waals surface area (Å²) in [5.74, 6) is 0.858. The number of hydrogen-bond acceptors (Lipinski definition) is 4. The number of thiocarbonyl (C=S) groups is 1. The third kappa shape index (κ3) is 2.73. The predicted molar refractivity (Wildman–Crippen MR) is 80.1 cm³/mol. The molecule has 0 saturated carbocycles. The Kier molecular flexibility index (Phi) is 3.80. The van der Waals surface area contributed by atoms with Gasteiger partial charge in [-0.05, 0) is 25.5 Å². The topological polar surface area (TPSA) is 68.8 Å². The molecule has 0 spiro atoms. The van der Waals surface area contributed by atoms with Crippen LogP contribution in [0, 0.1) is 6.92 Å². The van der Waals surface area contributed by atoms with Crippen LogP contribution in [0.3, 0.4) is 0 Å². The Hall–Kier alpha value is -1.95. The lowest BCUT2D eigenvalue weighted by atomic mass is 10.1. The molecule has 0 amide bonds. The summed E-state index contributed by atoms with van der Waals surface area (Å²) in [4.78, 5) is 0.386. The molecule has 1 heterocycles. The van der Waals surface area contributed by atoms with Crippen molar-refractivity contribution in [2.75, 3.05) is 5.32 Å². The van der Waals surface area contributed by atoms with E-state index in [0.29, 0.717) is 4.99 Å². The summed E-state index contributed by atoms with van der Waals surface area (Å²) in [6.07, 6.45) is 1.68. The number of nitrogens with two attached hydrogens (primary N) is 1. The van der Waals surface area contributed by atoms with E-state index in [1.807, 2.05) is 43.7 Å². The lowest BCUT2D eigenvalue weighted by Gasteiger charge is -2.19.